The van der Waals surface area contributed by atoms with Gasteiger partial charge in [0.2, 0.25) is 0 Å². The van der Waals surface area contributed by atoms with Crippen molar-refractivity contribution in [3.8, 4) is 5.75 Å². The highest BCUT2D eigenvalue weighted by atomic mass is 16.5. The predicted molar refractivity (Wildman–Crippen MR) is 118 cm³/mol. The van der Waals surface area contributed by atoms with Gasteiger partial charge in [-0.25, -0.2) is 4.79 Å². The minimum atomic E-state index is -0.939. The molecule has 154 valence electrons. The Bertz CT molecular complexity index is 916. The fraction of sp³-hybridized carbons (Fsp3) is 0.417. The lowest BCUT2D eigenvalue weighted by Gasteiger charge is -2.47. The molecule has 1 heterocycles. The van der Waals surface area contributed by atoms with Gasteiger partial charge in [-0.15, -0.1) is 0 Å². The molecular weight excluding hydrogens is 364 g/mol. The van der Waals surface area contributed by atoms with Crippen molar-refractivity contribution in [2.75, 3.05) is 18.6 Å². The van der Waals surface area contributed by atoms with Crippen LogP contribution in [0.15, 0.2) is 41.4 Å². The van der Waals surface area contributed by atoms with Crippen LogP contribution in [0.3, 0.4) is 0 Å². The molecule has 1 aliphatic heterocycles. The third kappa shape index (κ3) is 4.29. The largest absolute Gasteiger partial charge is 0.496 e. The van der Waals surface area contributed by atoms with Crippen molar-refractivity contribution in [2.24, 2.45) is 4.99 Å². The van der Waals surface area contributed by atoms with Gasteiger partial charge in [-0.05, 0) is 68.5 Å². The number of benzene rings is 2. The average molecular weight is 395 g/mol. The summed E-state index contributed by atoms with van der Waals surface area (Å²) in [6.07, 6.45) is 3.99. The molecule has 0 spiro atoms. The van der Waals surface area contributed by atoms with Crippen molar-refractivity contribution >= 4 is 23.6 Å². The molecule has 3 rings (SSSR count). The summed E-state index contributed by atoms with van der Waals surface area (Å²) in [5, 5.41) is 9.03. The molecule has 1 aliphatic rings. The summed E-state index contributed by atoms with van der Waals surface area (Å²) >= 11 is 0. The molecular formula is C24H30N2O3. The van der Waals surface area contributed by atoms with Crippen LogP contribution in [0.2, 0.25) is 0 Å². The van der Waals surface area contributed by atoms with Crippen LogP contribution in [0.25, 0.3) is 0 Å². The fourth-order valence-corrected chi connectivity index (χ4v) is 4.29. The molecule has 5 heteroatoms. The maximum atomic E-state index is 11.0. The standard InChI is InChI=1S/C24H30N2O3/c1-6-11-26-21-13-22(29-5)18(12-20(21)16(2)14-24(26,3)4)15-25-19-9-7-17(8-10-19)23(27)28/h7-10,12-13,15-16H,6,11,14H2,1-5H3,(H,27,28). The van der Waals surface area contributed by atoms with Crippen LogP contribution in [0.4, 0.5) is 11.4 Å². The number of carboxylic acid groups (broad SMARTS) is 1. The van der Waals surface area contributed by atoms with Gasteiger partial charge in [-0.2, -0.15) is 0 Å². The Hall–Kier alpha value is -2.82. The molecule has 1 unspecified atom stereocenters. The van der Waals surface area contributed by atoms with Gasteiger partial charge in [0.15, 0.2) is 0 Å². The Balaban J connectivity index is 1.99. The van der Waals surface area contributed by atoms with Gasteiger partial charge in [-0.1, -0.05) is 13.8 Å². The minimum absolute atomic E-state index is 0.106. The number of aliphatic imine (C=N–C) groups is 1. The molecule has 0 radical (unpaired) electrons. The van der Waals surface area contributed by atoms with Gasteiger partial charge in [0.05, 0.1) is 18.4 Å². The Labute approximate surface area is 173 Å². The Morgan fingerprint density at radius 1 is 1.31 bits per heavy atom. The van der Waals surface area contributed by atoms with Crippen LogP contribution in [-0.2, 0) is 0 Å². The summed E-state index contributed by atoms with van der Waals surface area (Å²) in [5.74, 6) is 0.298. The molecule has 0 bridgehead atoms. The second-order valence-electron chi connectivity index (χ2n) is 8.33. The normalized spacial score (nSPS) is 18.0. The van der Waals surface area contributed by atoms with Gasteiger partial charge in [0.1, 0.15) is 5.75 Å². The van der Waals surface area contributed by atoms with E-state index < -0.39 is 5.97 Å². The molecule has 0 saturated carbocycles. The molecule has 0 aliphatic carbocycles. The highest BCUT2D eigenvalue weighted by Crippen LogP contribution is 2.45. The number of ether oxygens (including phenoxy) is 1. The third-order valence-electron chi connectivity index (χ3n) is 5.65. The summed E-state index contributed by atoms with van der Waals surface area (Å²) in [6, 6.07) is 10.9. The van der Waals surface area contributed by atoms with E-state index in [2.05, 4.69) is 49.7 Å². The van der Waals surface area contributed by atoms with Crippen LogP contribution in [0.5, 0.6) is 5.75 Å². The predicted octanol–water partition coefficient (Wildman–Crippen LogP) is 5.65. The van der Waals surface area contributed by atoms with Crippen molar-refractivity contribution < 1.29 is 14.6 Å². The Kier molecular flexibility index (Phi) is 5.96. The second-order valence-corrected chi connectivity index (χ2v) is 8.33. The number of hydrogen-bond donors (Lipinski definition) is 1. The lowest BCUT2D eigenvalue weighted by molar-refractivity contribution is 0.0697. The van der Waals surface area contributed by atoms with Crippen LogP contribution in [-0.4, -0.2) is 36.5 Å². The number of nitrogens with zero attached hydrogens (tertiary/aromatic N) is 2. The lowest BCUT2D eigenvalue weighted by atomic mass is 9.79. The van der Waals surface area contributed by atoms with E-state index in [0.29, 0.717) is 11.6 Å². The summed E-state index contributed by atoms with van der Waals surface area (Å²) in [6.45, 7) is 10.1. The Morgan fingerprint density at radius 2 is 2.00 bits per heavy atom. The van der Waals surface area contributed by atoms with E-state index in [0.717, 1.165) is 30.7 Å². The van der Waals surface area contributed by atoms with Gasteiger partial charge in [0, 0.05) is 35.6 Å². The van der Waals surface area contributed by atoms with Crippen molar-refractivity contribution in [1.82, 2.24) is 0 Å². The molecule has 5 nitrogen and oxygen atoms in total. The summed E-state index contributed by atoms with van der Waals surface area (Å²) in [7, 11) is 1.68. The molecule has 2 aromatic carbocycles. The van der Waals surface area contributed by atoms with Crippen molar-refractivity contribution in [2.45, 2.75) is 52.0 Å². The molecule has 2 aromatic rings. The van der Waals surface area contributed by atoms with E-state index in [1.54, 1.807) is 37.6 Å². The number of hydrogen-bond acceptors (Lipinski definition) is 4. The first-order chi connectivity index (χ1) is 13.8. The van der Waals surface area contributed by atoms with Crippen LogP contribution in [0, 0.1) is 0 Å². The molecule has 0 aromatic heterocycles. The van der Waals surface area contributed by atoms with Crippen molar-refractivity contribution in [3.63, 3.8) is 0 Å². The number of anilines is 1. The molecule has 0 saturated heterocycles. The fourth-order valence-electron chi connectivity index (χ4n) is 4.29. The van der Waals surface area contributed by atoms with E-state index in [1.165, 1.54) is 11.3 Å². The monoisotopic (exact) mass is 394 g/mol. The van der Waals surface area contributed by atoms with E-state index in [9.17, 15) is 4.79 Å². The smallest absolute Gasteiger partial charge is 0.335 e. The maximum Gasteiger partial charge on any atom is 0.335 e. The number of rotatable bonds is 6. The SMILES string of the molecule is CCCN1c2cc(OC)c(C=Nc3ccc(C(=O)O)cc3)cc2C(C)CC1(C)C. The number of carboxylic acids is 1. The summed E-state index contributed by atoms with van der Waals surface area (Å²) in [4.78, 5) is 18.0. The summed E-state index contributed by atoms with van der Waals surface area (Å²) < 4.78 is 5.68. The van der Waals surface area contributed by atoms with Crippen LogP contribution >= 0.6 is 0 Å². The van der Waals surface area contributed by atoms with Gasteiger partial charge in [-0.3, -0.25) is 4.99 Å². The topological polar surface area (TPSA) is 62.1 Å². The highest BCUT2D eigenvalue weighted by Gasteiger charge is 2.36. The zero-order valence-electron chi connectivity index (χ0n) is 17.9. The highest BCUT2D eigenvalue weighted by molar-refractivity contribution is 5.89. The van der Waals surface area contributed by atoms with Gasteiger partial charge in [0.25, 0.3) is 0 Å². The first-order valence-electron chi connectivity index (χ1n) is 10.1. The zero-order valence-corrected chi connectivity index (χ0v) is 17.9. The quantitative estimate of drug-likeness (QED) is 0.644. The van der Waals surface area contributed by atoms with E-state index in [4.69, 9.17) is 9.84 Å². The molecule has 1 atom stereocenters. The zero-order chi connectivity index (χ0) is 21.2. The van der Waals surface area contributed by atoms with Gasteiger partial charge >= 0.3 is 5.97 Å². The maximum absolute atomic E-state index is 11.0. The van der Waals surface area contributed by atoms with E-state index in [-0.39, 0.29) is 11.1 Å². The Morgan fingerprint density at radius 3 is 2.59 bits per heavy atom. The minimum Gasteiger partial charge on any atom is -0.496 e. The molecule has 0 fully saturated rings. The number of aromatic carboxylic acids is 1. The third-order valence-corrected chi connectivity index (χ3v) is 5.65. The van der Waals surface area contributed by atoms with Crippen molar-refractivity contribution in [3.05, 3.63) is 53.1 Å². The number of carbonyl (C=O) groups is 1. The first kappa shape index (κ1) is 20.9. The summed E-state index contributed by atoms with van der Waals surface area (Å²) in [5.41, 5.74) is 4.56. The lowest BCUT2D eigenvalue weighted by Crippen LogP contribution is -2.48. The van der Waals surface area contributed by atoms with Gasteiger partial charge < -0.3 is 14.7 Å². The van der Waals surface area contributed by atoms with Crippen molar-refractivity contribution in [1.29, 1.82) is 0 Å². The van der Waals surface area contributed by atoms with Crippen LogP contribution in [0.1, 0.15) is 67.9 Å². The molecule has 29 heavy (non-hydrogen) atoms. The molecule has 1 N–H and O–H groups in total. The average Bonchev–Trinajstić information content (AvgIpc) is 2.69. The first-order valence-corrected chi connectivity index (χ1v) is 10.1. The molecule has 0 amide bonds. The second kappa shape index (κ2) is 8.27. The van der Waals surface area contributed by atoms with Crippen LogP contribution < -0.4 is 9.64 Å². The number of methoxy groups -OCH3 is 1. The number of fused-ring (bicyclic) bond motifs is 1. The van der Waals surface area contributed by atoms with E-state index >= 15 is 0 Å². The van der Waals surface area contributed by atoms with E-state index in [1.807, 2.05) is 0 Å².